The van der Waals surface area contributed by atoms with Gasteiger partial charge in [0.25, 0.3) is 0 Å². The summed E-state index contributed by atoms with van der Waals surface area (Å²) in [5.41, 5.74) is 4.25. The minimum Gasteiger partial charge on any atom is -0.324 e. The van der Waals surface area contributed by atoms with Crippen molar-refractivity contribution in [3.8, 4) is 11.4 Å². The highest BCUT2D eigenvalue weighted by molar-refractivity contribution is 14.1. The molecule has 120 valence electrons. The van der Waals surface area contributed by atoms with E-state index >= 15 is 0 Å². The van der Waals surface area contributed by atoms with Crippen molar-refractivity contribution in [3.63, 3.8) is 0 Å². The third-order valence-electron chi connectivity index (χ3n) is 3.90. The predicted molar refractivity (Wildman–Crippen MR) is 100 cm³/mol. The van der Waals surface area contributed by atoms with Gasteiger partial charge in [-0.1, -0.05) is 5.21 Å². The van der Waals surface area contributed by atoms with Gasteiger partial charge in [0.1, 0.15) is 5.82 Å². The Hall–Kier alpha value is -2.29. The van der Waals surface area contributed by atoms with Gasteiger partial charge in [-0.2, -0.15) is 0 Å². The molecule has 0 radical (unpaired) electrons. The maximum Gasteiger partial charge on any atom is 0.142 e. The first-order valence-electron chi connectivity index (χ1n) is 7.69. The number of aryl methyl sites for hydroxylation is 1. The average Bonchev–Trinajstić information content (AvgIpc) is 3.22. The van der Waals surface area contributed by atoms with E-state index < -0.39 is 0 Å². The first kappa shape index (κ1) is 15.3. The zero-order chi connectivity index (χ0) is 16.5. The van der Waals surface area contributed by atoms with Crippen LogP contribution in [0.4, 0.5) is 0 Å². The highest BCUT2D eigenvalue weighted by atomic mass is 127. The van der Waals surface area contributed by atoms with E-state index in [1.54, 1.807) is 10.9 Å². The van der Waals surface area contributed by atoms with Crippen molar-refractivity contribution < 1.29 is 0 Å². The Kier molecular flexibility index (Phi) is 4.01. The molecule has 0 bridgehead atoms. The molecular weight excluding hydrogens is 415 g/mol. The fraction of sp³-hybridized carbons (Fsp3) is 0.176. The number of halogens is 1. The molecule has 0 saturated carbocycles. The van der Waals surface area contributed by atoms with Crippen molar-refractivity contribution >= 4 is 33.6 Å². The lowest BCUT2D eigenvalue weighted by atomic mass is 10.2. The monoisotopic (exact) mass is 430 g/mol. The Balaban J connectivity index is 1.79. The molecule has 24 heavy (non-hydrogen) atoms. The molecule has 0 spiro atoms. The lowest BCUT2D eigenvalue weighted by molar-refractivity contribution is 0.648. The molecular formula is C17H15IN6. The number of pyridine rings is 1. The molecule has 0 aliphatic carbocycles. The minimum absolute atomic E-state index is 0.644. The highest BCUT2D eigenvalue weighted by Crippen LogP contribution is 2.26. The summed E-state index contributed by atoms with van der Waals surface area (Å²) in [5.74, 6) is 0.947. The Morgan fingerprint density at radius 1 is 1.17 bits per heavy atom. The van der Waals surface area contributed by atoms with Gasteiger partial charge in [0.05, 0.1) is 23.8 Å². The second-order valence-electron chi connectivity index (χ2n) is 5.50. The summed E-state index contributed by atoms with van der Waals surface area (Å²) in [5, 5.41) is 7.85. The molecule has 4 aromatic rings. The molecule has 7 heteroatoms. The van der Waals surface area contributed by atoms with E-state index in [4.69, 9.17) is 4.98 Å². The predicted octanol–water partition coefficient (Wildman–Crippen LogP) is 3.36. The molecule has 0 aliphatic heterocycles. The van der Waals surface area contributed by atoms with Gasteiger partial charge in [-0.25, -0.2) is 9.67 Å². The van der Waals surface area contributed by atoms with E-state index in [-0.39, 0.29) is 0 Å². The average molecular weight is 430 g/mol. The summed E-state index contributed by atoms with van der Waals surface area (Å²) in [4.78, 5) is 9.21. The quantitative estimate of drug-likeness (QED) is 0.466. The molecule has 3 heterocycles. The van der Waals surface area contributed by atoms with E-state index in [0.29, 0.717) is 6.54 Å². The molecule has 4 rings (SSSR count). The number of benzene rings is 1. The number of imidazole rings is 1. The van der Waals surface area contributed by atoms with E-state index in [1.165, 1.54) is 3.57 Å². The van der Waals surface area contributed by atoms with Crippen LogP contribution in [-0.4, -0.2) is 29.5 Å². The van der Waals surface area contributed by atoms with Crippen molar-refractivity contribution in [2.45, 2.75) is 20.0 Å². The molecule has 0 atom stereocenters. The van der Waals surface area contributed by atoms with Gasteiger partial charge in [-0.05, 0) is 59.3 Å². The number of fused-ring (bicyclic) bond motifs is 1. The Bertz CT molecular complexity index is 990. The first-order valence-corrected chi connectivity index (χ1v) is 8.76. The van der Waals surface area contributed by atoms with Crippen LogP contribution in [0.5, 0.6) is 0 Å². The lowest BCUT2D eigenvalue weighted by Gasteiger charge is -2.08. The van der Waals surface area contributed by atoms with Crippen molar-refractivity contribution in [2.75, 3.05) is 0 Å². The second kappa shape index (κ2) is 6.31. The van der Waals surface area contributed by atoms with Crippen LogP contribution >= 0.6 is 22.6 Å². The Morgan fingerprint density at radius 2 is 2.08 bits per heavy atom. The van der Waals surface area contributed by atoms with Gasteiger partial charge in [0.15, 0.2) is 0 Å². The van der Waals surface area contributed by atoms with Gasteiger partial charge in [-0.15, -0.1) is 5.10 Å². The van der Waals surface area contributed by atoms with Crippen molar-refractivity contribution in [1.82, 2.24) is 29.5 Å². The molecule has 0 unspecified atom stereocenters. The molecule has 0 saturated heterocycles. The largest absolute Gasteiger partial charge is 0.324 e. The van der Waals surface area contributed by atoms with Crippen molar-refractivity contribution in [3.05, 3.63) is 58.2 Å². The standard InChI is InChI=1S/C17H15IN6/c1-2-24-16-8-14(18)3-4-15(16)21-17(24)13-7-12(9-19-10-13)11-23-6-5-20-22-23/h3-10H,2,11H2,1H3. The molecule has 1 aromatic carbocycles. The number of nitrogens with zero attached hydrogens (tertiary/aromatic N) is 6. The van der Waals surface area contributed by atoms with Gasteiger partial charge in [0.2, 0.25) is 0 Å². The summed E-state index contributed by atoms with van der Waals surface area (Å²) >= 11 is 2.33. The van der Waals surface area contributed by atoms with E-state index in [0.717, 1.165) is 34.5 Å². The van der Waals surface area contributed by atoms with Gasteiger partial charge < -0.3 is 4.57 Å². The smallest absolute Gasteiger partial charge is 0.142 e. The Labute approximate surface area is 152 Å². The second-order valence-corrected chi connectivity index (χ2v) is 6.74. The molecule has 6 nitrogen and oxygen atoms in total. The van der Waals surface area contributed by atoms with Crippen LogP contribution in [0.15, 0.2) is 49.1 Å². The Morgan fingerprint density at radius 3 is 2.88 bits per heavy atom. The molecule has 3 aromatic heterocycles. The molecule has 0 fully saturated rings. The third kappa shape index (κ3) is 2.79. The molecule has 0 aliphatic rings. The summed E-state index contributed by atoms with van der Waals surface area (Å²) in [6, 6.07) is 8.44. The zero-order valence-corrected chi connectivity index (χ0v) is 15.3. The number of hydrogen-bond acceptors (Lipinski definition) is 4. The summed E-state index contributed by atoms with van der Waals surface area (Å²) in [7, 11) is 0. The van der Waals surface area contributed by atoms with Crippen molar-refractivity contribution in [2.24, 2.45) is 0 Å². The minimum atomic E-state index is 0.644. The van der Waals surface area contributed by atoms with Gasteiger partial charge in [0, 0.05) is 34.3 Å². The summed E-state index contributed by atoms with van der Waals surface area (Å²) in [6.07, 6.45) is 7.24. The number of rotatable bonds is 4. The van der Waals surface area contributed by atoms with Crippen LogP contribution in [0.2, 0.25) is 0 Å². The molecule has 0 amide bonds. The van der Waals surface area contributed by atoms with Crippen LogP contribution in [0.1, 0.15) is 12.5 Å². The zero-order valence-electron chi connectivity index (χ0n) is 13.1. The van der Waals surface area contributed by atoms with E-state index in [2.05, 4.69) is 73.6 Å². The van der Waals surface area contributed by atoms with E-state index in [9.17, 15) is 0 Å². The fourth-order valence-electron chi connectivity index (χ4n) is 2.84. The van der Waals surface area contributed by atoms with Crippen LogP contribution in [0.25, 0.3) is 22.4 Å². The van der Waals surface area contributed by atoms with Crippen LogP contribution in [-0.2, 0) is 13.1 Å². The maximum atomic E-state index is 4.82. The fourth-order valence-corrected chi connectivity index (χ4v) is 3.31. The third-order valence-corrected chi connectivity index (χ3v) is 4.57. The van der Waals surface area contributed by atoms with Crippen LogP contribution in [0.3, 0.4) is 0 Å². The van der Waals surface area contributed by atoms with Crippen LogP contribution in [0, 0.1) is 3.57 Å². The molecule has 0 N–H and O–H groups in total. The van der Waals surface area contributed by atoms with Gasteiger partial charge in [-0.3, -0.25) is 4.98 Å². The first-order chi connectivity index (χ1) is 11.7. The van der Waals surface area contributed by atoms with Gasteiger partial charge >= 0.3 is 0 Å². The van der Waals surface area contributed by atoms with E-state index in [1.807, 2.05) is 18.6 Å². The van der Waals surface area contributed by atoms with Crippen LogP contribution < -0.4 is 0 Å². The number of aromatic nitrogens is 6. The lowest BCUT2D eigenvalue weighted by Crippen LogP contribution is -2.02. The summed E-state index contributed by atoms with van der Waals surface area (Å²) in [6.45, 7) is 3.64. The SMILES string of the molecule is CCn1c(-c2cncc(Cn3ccnn3)c2)nc2ccc(I)cc21. The normalized spacial score (nSPS) is 11.2. The summed E-state index contributed by atoms with van der Waals surface area (Å²) < 4.78 is 5.22. The highest BCUT2D eigenvalue weighted by Gasteiger charge is 2.13. The maximum absolute atomic E-state index is 4.82. The number of hydrogen-bond donors (Lipinski definition) is 0. The topological polar surface area (TPSA) is 61.4 Å². The van der Waals surface area contributed by atoms with Crippen molar-refractivity contribution in [1.29, 1.82) is 0 Å².